The van der Waals surface area contributed by atoms with Crippen LogP contribution in [-0.4, -0.2) is 112 Å². The fourth-order valence-electron chi connectivity index (χ4n) is 11.1. The number of carboxylic acids is 7. The molecule has 6 aliphatic heterocycles. The van der Waals surface area contributed by atoms with Gasteiger partial charge in [-0.1, -0.05) is 68.5 Å². The molecule has 1 saturated heterocycles. The summed E-state index contributed by atoms with van der Waals surface area (Å²) in [6, 6.07) is 0. The Morgan fingerprint density at radius 1 is 0.727 bits per heavy atom. The molecule has 8 bridgehead atoms. The van der Waals surface area contributed by atoms with Gasteiger partial charge in [0.2, 0.25) is 0 Å². The summed E-state index contributed by atoms with van der Waals surface area (Å²) >= 11 is 0. The zero-order valence-corrected chi connectivity index (χ0v) is 38.0. The second-order valence-electron chi connectivity index (χ2n) is 18.5. The van der Waals surface area contributed by atoms with E-state index >= 15 is 0 Å². The number of aliphatic carboxylic acids is 7. The summed E-state index contributed by atoms with van der Waals surface area (Å²) in [5, 5.41) is 81.2. The van der Waals surface area contributed by atoms with Crippen molar-refractivity contribution in [1.29, 1.82) is 0 Å². The van der Waals surface area contributed by atoms with E-state index in [1.54, 1.807) is 27.7 Å². The molecular weight excluding hydrogens is 911 g/mol. The smallest absolute Gasteiger partial charge is 0.675 e. The molecule has 66 heavy (non-hydrogen) atoms. The number of ether oxygens (including phenoxy) is 1. The molecule has 1 fully saturated rings. The van der Waals surface area contributed by atoms with Crippen LogP contribution in [0.3, 0.4) is 0 Å². The Labute approximate surface area is 388 Å². The van der Waals surface area contributed by atoms with Crippen molar-refractivity contribution >= 4 is 59.2 Å². The van der Waals surface area contributed by atoms with Crippen molar-refractivity contribution in [3.63, 3.8) is 0 Å². The summed E-state index contributed by atoms with van der Waals surface area (Å²) in [7, 11) is 0. The predicted octanol–water partition coefficient (Wildman–Crippen LogP) is 6.00. The van der Waals surface area contributed by atoms with Crippen LogP contribution < -0.4 is 0 Å². The van der Waals surface area contributed by atoms with Crippen molar-refractivity contribution < 1.29 is 95.6 Å². The first-order chi connectivity index (χ1) is 30.2. The van der Waals surface area contributed by atoms with Gasteiger partial charge in [0.05, 0.1) is 31.4 Å². The minimum absolute atomic E-state index is 0. The monoisotopic (exact) mass is 963 g/mol. The van der Waals surface area contributed by atoms with E-state index in [1.165, 1.54) is 19.1 Å². The first-order valence-electron chi connectivity index (χ1n) is 21.2. The molecule has 0 aromatic carbocycles. The van der Waals surface area contributed by atoms with Gasteiger partial charge in [-0.15, -0.1) is 11.4 Å². The molecule has 0 aliphatic carbocycles. The normalized spacial score (nSPS) is 31.6. The van der Waals surface area contributed by atoms with Crippen LogP contribution in [0.15, 0.2) is 67.2 Å². The third-order valence-electron chi connectivity index (χ3n) is 14.2. The average Bonchev–Trinajstić information content (AvgIpc) is 3.76. The van der Waals surface area contributed by atoms with Gasteiger partial charge in [-0.05, 0) is 38.2 Å². The van der Waals surface area contributed by atoms with Gasteiger partial charge in [-0.3, -0.25) is 48.3 Å². The number of aliphatic imine (C=N–C) groups is 2. The first-order valence-corrected chi connectivity index (χ1v) is 21.2. The quantitative estimate of drug-likeness (QED) is 0.0775. The van der Waals surface area contributed by atoms with Crippen LogP contribution in [0.2, 0.25) is 0 Å². The van der Waals surface area contributed by atoms with Crippen molar-refractivity contribution in [2.45, 2.75) is 135 Å². The van der Waals surface area contributed by atoms with E-state index in [0.29, 0.717) is 5.57 Å². The Hall–Kier alpha value is -6.09. The number of esters is 1. The van der Waals surface area contributed by atoms with Crippen LogP contribution in [0.4, 0.5) is 0 Å². The van der Waals surface area contributed by atoms with Gasteiger partial charge in [0, 0.05) is 59.3 Å². The molecule has 1 spiro atoms. The Morgan fingerprint density at radius 2 is 1.32 bits per heavy atom. The third-order valence-corrected chi connectivity index (χ3v) is 14.2. The van der Waals surface area contributed by atoms with Gasteiger partial charge in [-0.2, -0.15) is 5.70 Å². The van der Waals surface area contributed by atoms with E-state index in [2.05, 4.69) is 0 Å². The molecule has 7 N–H and O–H groups in total. The van der Waals surface area contributed by atoms with Gasteiger partial charge in [0.1, 0.15) is 11.6 Å². The minimum atomic E-state index is -1.81. The maximum Gasteiger partial charge on any atom is 2.00 e. The van der Waals surface area contributed by atoms with Gasteiger partial charge in [-0.25, -0.2) is 0 Å². The van der Waals surface area contributed by atoms with Gasteiger partial charge < -0.3 is 51.1 Å². The molecule has 6 heterocycles. The van der Waals surface area contributed by atoms with Gasteiger partial charge >= 0.3 is 64.5 Å². The maximum atomic E-state index is 13.6. The second kappa shape index (κ2) is 18.3. The standard InChI is InChI=1S/C45H54N4O16.Co/c1-21-45-40-26(15-37(60)61)41(2,13-12-35(56)57)30(47-40)16-27-22(6-9-32(50)51)25(14-36(58)59)44(5,48-27)18-29-23(7-10-33(52)53)42(3,19-38(62)63)31(46-29)17-28(49-45)24(8-11-34(54)55)43(45,4)20-39(64)65-21;/h16-17,21,24H,6-15,18-20H2,1-5H3,(H9,46,47,48,49,50,51,52,53,54,55,56,57,58,59,60,61,62,63);/q;+2/p-2/t21?,24-,41-,42+,43+,44+,45?;/m1./s1. The number of fused-ring (bicyclic) bond motifs is 5. The zero-order valence-electron chi connectivity index (χ0n) is 36.9. The van der Waals surface area contributed by atoms with Crippen molar-refractivity contribution in [2.75, 3.05) is 0 Å². The molecule has 2 unspecified atom stereocenters. The Balaban J connectivity index is 0.00000817. The molecule has 0 amide bonds. The first kappa shape index (κ1) is 50.9. The molecule has 357 valence electrons. The molecule has 7 atom stereocenters. The fraction of sp³-hybridized carbons (Fsp3) is 0.556. The van der Waals surface area contributed by atoms with E-state index in [0.717, 1.165) is 0 Å². The molecule has 0 aromatic rings. The molecule has 0 aromatic heterocycles. The Bertz CT molecular complexity index is 2430. The number of rotatable bonds is 18. The maximum absolute atomic E-state index is 13.6. The van der Waals surface area contributed by atoms with Crippen molar-refractivity contribution in [3.8, 4) is 0 Å². The fourth-order valence-corrected chi connectivity index (χ4v) is 11.1. The van der Waals surface area contributed by atoms with Crippen LogP contribution in [-0.2, 0) is 59.9 Å². The SMILES string of the molecule is CC1OC(=O)C[C@@]2(C)[C@H](CCC(=O)O)C3=NC12C1=C(CC(=O)O)[C@@](C)(CCC(=O)O)C(=N1)/C=C1\[N-][C@@](C)(CC2=C(CCC(=O)O)[C@](C)(CC(=O)O)C(=C3)[N-]2)C(CC(=O)O)=C1CCC(=O)O.[Co+2]. The molecule has 6 aliphatic rings. The summed E-state index contributed by atoms with van der Waals surface area (Å²) in [4.78, 5) is 111. The Kier molecular flexibility index (Phi) is 14.1. The largest absolute Gasteiger partial charge is 2.00 e. The van der Waals surface area contributed by atoms with E-state index in [9.17, 15) is 74.1 Å². The van der Waals surface area contributed by atoms with Crippen LogP contribution in [0.5, 0.6) is 0 Å². The number of carbonyl (C=O) groups is 8. The summed E-state index contributed by atoms with van der Waals surface area (Å²) in [5.41, 5.74) is -6.59. The van der Waals surface area contributed by atoms with Crippen molar-refractivity contribution in [2.24, 2.45) is 32.1 Å². The number of hydrogen-bond acceptors (Lipinski definition) is 11. The number of nitrogens with zero attached hydrogens (tertiary/aromatic N) is 4. The number of hydrogen-bond donors (Lipinski definition) is 7. The van der Waals surface area contributed by atoms with E-state index in [-0.39, 0.29) is 106 Å². The zero-order chi connectivity index (χ0) is 48.2. The van der Waals surface area contributed by atoms with Crippen LogP contribution >= 0.6 is 0 Å². The van der Waals surface area contributed by atoms with Gasteiger partial charge in [0.25, 0.3) is 0 Å². The summed E-state index contributed by atoms with van der Waals surface area (Å²) in [6.45, 7) is 7.97. The number of cyclic esters (lactones) is 1. The Morgan fingerprint density at radius 3 is 1.89 bits per heavy atom. The number of carboxylic acid groups (broad SMARTS) is 7. The molecule has 0 saturated carbocycles. The number of carbonyl (C=O) groups excluding carboxylic acids is 1. The van der Waals surface area contributed by atoms with Crippen LogP contribution in [0, 0.1) is 22.2 Å². The molecule has 21 heteroatoms. The van der Waals surface area contributed by atoms with Crippen molar-refractivity contribution in [3.05, 3.63) is 67.9 Å². The molecule has 6 rings (SSSR count). The van der Waals surface area contributed by atoms with Crippen LogP contribution in [0.25, 0.3) is 10.6 Å². The third kappa shape index (κ3) is 8.93. The predicted molar refractivity (Wildman–Crippen MR) is 227 cm³/mol. The molecule has 1 radical (unpaired) electrons. The molecule has 20 nitrogen and oxygen atoms in total. The summed E-state index contributed by atoms with van der Waals surface area (Å²) in [6.07, 6.45) is -3.62. The topological polar surface area (TPSA) is 340 Å². The van der Waals surface area contributed by atoms with Crippen LogP contribution in [0.1, 0.15) is 118 Å². The second-order valence-corrected chi connectivity index (χ2v) is 18.5. The molecular formula is C45H52CoN4O16. The van der Waals surface area contributed by atoms with Gasteiger partial charge in [0.15, 0.2) is 0 Å². The average molecular weight is 964 g/mol. The van der Waals surface area contributed by atoms with E-state index in [4.69, 9.17) is 25.4 Å². The van der Waals surface area contributed by atoms with E-state index in [1.807, 2.05) is 0 Å². The number of allylic oxidation sites excluding steroid dienone is 4. The van der Waals surface area contributed by atoms with E-state index < -0.39 is 132 Å². The summed E-state index contributed by atoms with van der Waals surface area (Å²) in [5.74, 6) is -10.4. The summed E-state index contributed by atoms with van der Waals surface area (Å²) < 4.78 is 5.94. The van der Waals surface area contributed by atoms with Crippen molar-refractivity contribution in [1.82, 2.24) is 0 Å². The minimum Gasteiger partial charge on any atom is -0.675 e.